The number of carbonyl (C=O) groups excluding carboxylic acids is 1. The van der Waals surface area contributed by atoms with Gasteiger partial charge in [-0.2, -0.15) is 0 Å². The summed E-state index contributed by atoms with van der Waals surface area (Å²) in [6.45, 7) is 6.37. The topological polar surface area (TPSA) is 41.1 Å². The van der Waals surface area contributed by atoms with Gasteiger partial charge in [-0.15, -0.1) is 0 Å². The standard InChI is InChI=1S/C8H16N2OS/c1-7(11)5-9-3-4-10-6-8(2)12/h9-10H,3-6H2,1-2H3. The fourth-order valence-corrected chi connectivity index (χ4v) is 0.808. The summed E-state index contributed by atoms with van der Waals surface area (Å²) in [7, 11) is 0. The highest BCUT2D eigenvalue weighted by Crippen LogP contribution is 1.70. The van der Waals surface area contributed by atoms with E-state index in [0.29, 0.717) is 6.54 Å². The predicted octanol–water partition coefficient (Wildman–Crippen LogP) is 0.144. The van der Waals surface area contributed by atoms with Crippen LogP contribution in [-0.2, 0) is 4.79 Å². The minimum atomic E-state index is 0.168. The van der Waals surface area contributed by atoms with E-state index in [4.69, 9.17) is 12.2 Å². The van der Waals surface area contributed by atoms with Crippen molar-refractivity contribution in [2.24, 2.45) is 0 Å². The van der Waals surface area contributed by atoms with Crippen molar-refractivity contribution in [3.63, 3.8) is 0 Å². The Kier molecular flexibility index (Phi) is 7.14. The molecule has 0 aromatic heterocycles. The number of nitrogens with one attached hydrogen (secondary N) is 2. The molecule has 0 atom stereocenters. The number of Topliss-reactive ketones (excluding diaryl/α,β-unsaturated/α-hetero) is 1. The van der Waals surface area contributed by atoms with Crippen LogP contribution in [0.15, 0.2) is 0 Å². The zero-order valence-corrected chi connectivity index (χ0v) is 8.46. The Hall–Kier alpha value is -0.320. The van der Waals surface area contributed by atoms with E-state index in [1.807, 2.05) is 6.92 Å². The van der Waals surface area contributed by atoms with Crippen LogP contribution in [0.3, 0.4) is 0 Å². The van der Waals surface area contributed by atoms with Gasteiger partial charge >= 0.3 is 0 Å². The number of carbonyl (C=O) groups is 1. The highest BCUT2D eigenvalue weighted by atomic mass is 32.1. The van der Waals surface area contributed by atoms with Gasteiger partial charge in [0.1, 0.15) is 5.78 Å². The van der Waals surface area contributed by atoms with E-state index in [2.05, 4.69) is 10.6 Å². The molecule has 2 N–H and O–H groups in total. The molecule has 3 nitrogen and oxygen atoms in total. The molecule has 0 heterocycles. The highest BCUT2D eigenvalue weighted by molar-refractivity contribution is 7.80. The first-order chi connectivity index (χ1) is 5.63. The molecule has 0 aliphatic carbocycles. The van der Waals surface area contributed by atoms with Gasteiger partial charge in [0.2, 0.25) is 0 Å². The van der Waals surface area contributed by atoms with Gasteiger partial charge in [0.25, 0.3) is 0 Å². The molecule has 0 aliphatic rings. The number of hydrogen-bond acceptors (Lipinski definition) is 4. The van der Waals surface area contributed by atoms with Gasteiger partial charge in [0.05, 0.1) is 6.54 Å². The van der Waals surface area contributed by atoms with Crippen molar-refractivity contribution < 1.29 is 4.79 Å². The molecule has 4 heteroatoms. The Morgan fingerprint density at radius 2 is 1.67 bits per heavy atom. The van der Waals surface area contributed by atoms with Gasteiger partial charge in [0.15, 0.2) is 0 Å². The van der Waals surface area contributed by atoms with Crippen molar-refractivity contribution in [3.8, 4) is 0 Å². The summed E-state index contributed by atoms with van der Waals surface area (Å²) in [6.07, 6.45) is 0. The van der Waals surface area contributed by atoms with E-state index < -0.39 is 0 Å². The number of hydrogen-bond donors (Lipinski definition) is 2. The molecule has 0 saturated carbocycles. The van der Waals surface area contributed by atoms with Crippen molar-refractivity contribution in [2.75, 3.05) is 26.2 Å². The molecule has 0 aromatic rings. The molecule has 70 valence electrons. The lowest BCUT2D eigenvalue weighted by atomic mass is 10.4. The van der Waals surface area contributed by atoms with Gasteiger partial charge < -0.3 is 10.6 Å². The minimum Gasteiger partial charge on any atom is -0.311 e. The van der Waals surface area contributed by atoms with Crippen LogP contribution in [0.1, 0.15) is 13.8 Å². The summed E-state index contributed by atoms with van der Waals surface area (Å²) in [6, 6.07) is 0. The van der Waals surface area contributed by atoms with Crippen LogP contribution in [0.5, 0.6) is 0 Å². The Morgan fingerprint density at radius 3 is 2.08 bits per heavy atom. The summed E-state index contributed by atoms with van der Waals surface area (Å²) < 4.78 is 0. The van der Waals surface area contributed by atoms with Gasteiger partial charge in [-0.05, 0) is 13.8 Å². The Bertz CT molecular complexity index is 141. The third-order valence-electron chi connectivity index (χ3n) is 1.23. The highest BCUT2D eigenvalue weighted by Gasteiger charge is 1.91. The van der Waals surface area contributed by atoms with Crippen LogP contribution >= 0.6 is 12.2 Å². The van der Waals surface area contributed by atoms with Crippen LogP contribution in [0.4, 0.5) is 0 Å². The summed E-state index contributed by atoms with van der Waals surface area (Å²) >= 11 is 4.88. The SMILES string of the molecule is CC(=O)CNCCNCC(C)=S. The fraction of sp³-hybridized carbons (Fsp3) is 0.750. The average molecular weight is 188 g/mol. The monoisotopic (exact) mass is 188 g/mol. The summed E-state index contributed by atoms with van der Waals surface area (Å²) in [5.74, 6) is 0.168. The van der Waals surface area contributed by atoms with E-state index >= 15 is 0 Å². The van der Waals surface area contributed by atoms with Gasteiger partial charge in [-0.25, -0.2) is 0 Å². The third-order valence-corrected chi connectivity index (χ3v) is 1.37. The molecule has 0 amide bonds. The number of thiocarbonyl (C=S) groups is 1. The van der Waals surface area contributed by atoms with Crippen LogP contribution in [0.2, 0.25) is 0 Å². The molecule has 0 saturated heterocycles. The summed E-state index contributed by atoms with van der Waals surface area (Å²) in [4.78, 5) is 11.4. The summed E-state index contributed by atoms with van der Waals surface area (Å²) in [5.41, 5.74) is 0. The van der Waals surface area contributed by atoms with E-state index in [1.165, 1.54) is 0 Å². The third kappa shape index (κ3) is 9.68. The van der Waals surface area contributed by atoms with E-state index in [9.17, 15) is 4.79 Å². The lowest BCUT2D eigenvalue weighted by Gasteiger charge is -2.03. The second-order valence-electron chi connectivity index (χ2n) is 2.76. The Morgan fingerprint density at radius 1 is 1.17 bits per heavy atom. The summed E-state index contributed by atoms with van der Waals surface area (Å²) in [5, 5.41) is 6.15. The van der Waals surface area contributed by atoms with Crippen LogP contribution in [0.25, 0.3) is 0 Å². The second-order valence-corrected chi connectivity index (χ2v) is 3.45. The molecule has 0 fully saturated rings. The average Bonchev–Trinajstić information content (AvgIpc) is 1.95. The lowest BCUT2D eigenvalue weighted by molar-refractivity contribution is -0.116. The Labute approximate surface area is 78.9 Å². The molecule has 0 unspecified atom stereocenters. The molecule has 0 bridgehead atoms. The molecule has 12 heavy (non-hydrogen) atoms. The molecule has 0 radical (unpaired) electrons. The molecule has 0 rings (SSSR count). The van der Waals surface area contributed by atoms with Crippen molar-refractivity contribution in [3.05, 3.63) is 0 Å². The normalized spacial score (nSPS) is 9.83. The quantitative estimate of drug-likeness (QED) is 0.440. The maximum atomic E-state index is 10.5. The van der Waals surface area contributed by atoms with Crippen molar-refractivity contribution in [1.82, 2.24) is 10.6 Å². The van der Waals surface area contributed by atoms with Crippen molar-refractivity contribution in [1.29, 1.82) is 0 Å². The maximum Gasteiger partial charge on any atom is 0.143 e. The molecule has 0 spiro atoms. The van der Waals surface area contributed by atoms with E-state index in [0.717, 1.165) is 24.5 Å². The lowest BCUT2D eigenvalue weighted by Crippen LogP contribution is -2.32. The fourth-order valence-electron chi connectivity index (χ4n) is 0.706. The van der Waals surface area contributed by atoms with Gasteiger partial charge in [-0.1, -0.05) is 12.2 Å². The largest absolute Gasteiger partial charge is 0.311 e. The molecular formula is C8H16N2OS. The van der Waals surface area contributed by atoms with Crippen LogP contribution < -0.4 is 10.6 Å². The van der Waals surface area contributed by atoms with Crippen LogP contribution in [-0.4, -0.2) is 36.8 Å². The number of rotatable bonds is 7. The molecule has 0 aromatic carbocycles. The van der Waals surface area contributed by atoms with Crippen molar-refractivity contribution >= 4 is 22.9 Å². The predicted molar refractivity (Wildman–Crippen MR) is 54.7 cm³/mol. The maximum absolute atomic E-state index is 10.5. The molecule has 0 aliphatic heterocycles. The van der Waals surface area contributed by atoms with E-state index in [1.54, 1.807) is 6.92 Å². The first-order valence-corrected chi connectivity index (χ1v) is 4.44. The molecular weight excluding hydrogens is 172 g/mol. The van der Waals surface area contributed by atoms with Crippen molar-refractivity contribution in [2.45, 2.75) is 13.8 Å². The number of ketones is 1. The zero-order chi connectivity index (χ0) is 9.40. The van der Waals surface area contributed by atoms with Gasteiger partial charge in [-0.3, -0.25) is 4.79 Å². The zero-order valence-electron chi connectivity index (χ0n) is 7.64. The first kappa shape index (κ1) is 11.7. The second kappa shape index (κ2) is 7.34. The van der Waals surface area contributed by atoms with E-state index in [-0.39, 0.29) is 5.78 Å². The Balaban J connectivity index is 3.01. The minimum absolute atomic E-state index is 0.168. The van der Waals surface area contributed by atoms with Crippen LogP contribution in [0, 0.1) is 0 Å². The first-order valence-electron chi connectivity index (χ1n) is 4.03. The smallest absolute Gasteiger partial charge is 0.143 e. The van der Waals surface area contributed by atoms with Gasteiger partial charge in [0, 0.05) is 24.5 Å².